The first kappa shape index (κ1) is 16.5. The number of hydrogen-bond donors (Lipinski definition) is 1. The van der Waals surface area contributed by atoms with Crippen LogP contribution >= 0.6 is 0 Å². The molecular weight excluding hydrogens is 250 g/mol. The van der Waals surface area contributed by atoms with Gasteiger partial charge >= 0.3 is 0 Å². The number of nitrogens with one attached hydrogen (secondary N) is 1. The van der Waals surface area contributed by atoms with Crippen LogP contribution in [0.3, 0.4) is 0 Å². The summed E-state index contributed by atoms with van der Waals surface area (Å²) >= 11 is 0. The van der Waals surface area contributed by atoms with Crippen LogP contribution in [0.25, 0.3) is 0 Å². The Hall–Kier alpha value is -1.51. The molecule has 0 atom stereocenters. The smallest absolute Gasteiger partial charge is 0.220 e. The zero-order valence-electron chi connectivity index (χ0n) is 12.8. The van der Waals surface area contributed by atoms with Crippen molar-refractivity contribution >= 4 is 5.91 Å². The van der Waals surface area contributed by atoms with Gasteiger partial charge in [-0.05, 0) is 37.0 Å². The molecule has 0 saturated heterocycles. The van der Waals surface area contributed by atoms with Crippen LogP contribution < -0.4 is 10.1 Å². The van der Waals surface area contributed by atoms with Crippen molar-refractivity contribution in [3.8, 4) is 5.75 Å². The zero-order chi connectivity index (χ0) is 14.6. The topological polar surface area (TPSA) is 38.3 Å². The van der Waals surface area contributed by atoms with Gasteiger partial charge in [0.05, 0.1) is 6.61 Å². The largest absolute Gasteiger partial charge is 0.494 e. The number of ether oxygens (including phenoxy) is 1. The fourth-order valence-electron chi connectivity index (χ4n) is 1.96. The summed E-state index contributed by atoms with van der Waals surface area (Å²) in [5.74, 6) is 1.01. The predicted molar refractivity (Wildman–Crippen MR) is 83.1 cm³/mol. The van der Waals surface area contributed by atoms with E-state index in [4.69, 9.17) is 4.74 Å². The summed E-state index contributed by atoms with van der Waals surface area (Å²) < 4.78 is 5.64. The van der Waals surface area contributed by atoms with Crippen molar-refractivity contribution in [3.63, 3.8) is 0 Å². The standard InChI is InChI=1S/C17H27NO2/c1-3-5-13-18-17(19)8-6-14-20-16-11-9-15(7-4-2)10-12-16/h9-12H,3-8,13-14H2,1-2H3,(H,18,19). The first-order valence-corrected chi connectivity index (χ1v) is 7.74. The van der Waals surface area contributed by atoms with Gasteiger partial charge in [-0.3, -0.25) is 4.79 Å². The Labute approximate surface area is 122 Å². The third-order valence-corrected chi connectivity index (χ3v) is 3.13. The number of hydrogen-bond acceptors (Lipinski definition) is 2. The van der Waals surface area contributed by atoms with E-state index in [9.17, 15) is 4.79 Å². The molecule has 0 aromatic heterocycles. The molecule has 0 radical (unpaired) electrons. The van der Waals surface area contributed by atoms with Gasteiger partial charge in [0, 0.05) is 13.0 Å². The van der Waals surface area contributed by atoms with Crippen LogP contribution in [0.15, 0.2) is 24.3 Å². The molecule has 0 aliphatic rings. The van der Waals surface area contributed by atoms with Crippen molar-refractivity contribution in [1.82, 2.24) is 5.32 Å². The lowest BCUT2D eigenvalue weighted by atomic mass is 10.1. The van der Waals surface area contributed by atoms with Crippen LogP contribution in [0.4, 0.5) is 0 Å². The summed E-state index contributed by atoms with van der Waals surface area (Å²) in [6.07, 6.45) is 5.72. The normalized spacial score (nSPS) is 10.3. The molecule has 0 bridgehead atoms. The van der Waals surface area contributed by atoms with E-state index in [2.05, 4.69) is 31.3 Å². The van der Waals surface area contributed by atoms with Crippen LogP contribution in [0, 0.1) is 0 Å². The van der Waals surface area contributed by atoms with Crippen molar-refractivity contribution in [3.05, 3.63) is 29.8 Å². The van der Waals surface area contributed by atoms with E-state index < -0.39 is 0 Å². The second-order valence-corrected chi connectivity index (χ2v) is 5.05. The summed E-state index contributed by atoms with van der Waals surface area (Å²) in [7, 11) is 0. The average Bonchev–Trinajstić information content (AvgIpc) is 2.46. The fraction of sp³-hybridized carbons (Fsp3) is 0.588. The van der Waals surface area contributed by atoms with E-state index in [0.29, 0.717) is 13.0 Å². The summed E-state index contributed by atoms with van der Waals surface area (Å²) in [6.45, 7) is 5.67. The molecule has 0 aliphatic heterocycles. The van der Waals surface area contributed by atoms with E-state index in [1.807, 2.05) is 12.1 Å². The molecule has 1 N–H and O–H groups in total. The van der Waals surface area contributed by atoms with Crippen LogP contribution in [-0.2, 0) is 11.2 Å². The van der Waals surface area contributed by atoms with E-state index in [0.717, 1.165) is 44.4 Å². The van der Waals surface area contributed by atoms with Gasteiger partial charge < -0.3 is 10.1 Å². The summed E-state index contributed by atoms with van der Waals surface area (Å²) in [5, 5.41) is 2.91. The number of amides is 1. The average molecular weight is 277 g/mol. The summed E-state index contributed by atoms with van der Waals surface area (Å²) in [5.41, 5.74) is 1.34. The molecule has 0 spiro atoms. The number of carbonyl (C=O) groups is 1. The lowest BCUT2D eigenvalue weighted by Crippen LogP contribution is -2.24. The van der Waals surface area contributed by atoms with Crippen molar-refractivity contribution in [2.45, 2.75) is 52.4 Å². The number of benzene rings is 1. The second-order valence-electron chi connectivity index (χ2n) is 5.05. The van der Waals surface area contributed by atoms with Crippen LogP contribution in [-0.4, -0.2) is 19.1 Å². The maximum absolute atomic E-state index is 11.5. The Kier molecular flexibility index (Phi) is 8.52. The third-order valence-electron chi connectivity index (χ3n) is 3.13. The summed E-state index contributed by atoms with van der Waals surface area (Å²) in [6, 6.07) is 8.23. The SMILES string of the molecule is CCCCNC(=O)CCCOc1ccc(CCC)cc1. The lowest BCUT2D eigenvalue weighted by molar-refractivity contribution is -0.121. The van der Waals surface area contributed by atoms with E-state index >= 15 is 0 Å². The van der Waals surface area contributed by atoms with Gasteiger partial charge in [-0.1, -0.05) is 38.8 Å². The highest BCUT2D eigenvalue weighted by molar-refractivity contribution is 5.75. The summed E-state index contributed by atoms with van der Waals surface area (Å²) in [4.78, 5) is 11.5. The Morgan fingerprint density at radius 1 is 1.10 bits per heavy atom. The van der Waals surface area contributed by atoms with Crippen LogP contribution in [0.5, 0.6) is 5.75 Å². The molecule has 3 heteroatoms. The van der Waals surface area contributed by atoms with Crippen molar-refractivity contribution in [2.24, 2.45) is 0 Å². The maximum Gasteiger partial charge on any atom is 0.220 e. The quantitative estimate of drug-likeness (QED) is 0.662. The first-order valence-electron chi connectivity index (χ1n) is 7.74. The van der Waals surface area contributed by atoms with Crippen molar-refractivity contribution < 1.29 is 9.53 Å². The molecule has 3 nitrogen and oxygen atoms in total. The fourth-order valence-corrected chi connectivity index (χ4v) is 1.96. The van der Waals surface area contributed by atoms with Gasteiger partial charge in [-0.25, -0.2) is 0 Å². The molecule has 0 saturated carbocycles. The molecular formula is C17H27NO2. The Bertz CT molecular complexity index is 373. The molecule has 20 heavy (non-hydrogen) atoms. The second kappa shape index (κ2) is 10.3. The third kappa shape index (κ3) is 7.17. The molecule has 0 heterocycles. The number of unbranched alkanes of at least 4 members (excludes halogenated alkanes) is 1. The highest BCUT2D eigenvalue weighted by atomic mass is 16.5. The van der Waals surface area contributed by atoms with Crippen LogP contribution in [0.1, 0.15) is 51.5 Å². The van der Waals surface area contributed by atoms with Gasteiger partial charge in [0.15, 0.2) is 0 Å². The Balaban J connectivity index is 2.12. The number of rotatable bonds is 10. The van der Waals surface area contributed by atoms with E-state index in [-0.39, 0.29) is 5.91 Å². The molecule has 112 valence electrons. The minimum Gasteiger partial charge on any atom is -0.494 e. The lowest BCUT2D eigenvalue weighted by Gasteiger charge is -2.07. The number of carbonyl (C=O) groups excluding carboxylic acids is 1. The van der Waals surface area contributed by atoms with Crippen molar-refractivity contribution in [1.29, 1.82) is 0 Å². The minimum atomic E-state index is 0.125. The van der Waals surface area contributed by atoms with Crippen molar-refractivity contribution in [2.75, 3.05) is 13.2 Å². The van der Waals surface area contributed by atoms with Gasteiger partial charge in [-0.2, -0.15) is 0 Å². The van der Waals surface area contributed by atoms with E-state index in [1.165, 1.54) is 5.56 Å². The molecule has 1 aromatic carbocycles. The maximum atomic E-state index is 11.5. The highest BCUT2D eigenvalue weighted by Crippen LogP contribution is 2.13. The Morgan fingerprint density at radius 2 is 1.85 bits per heavy atom. The van der Waals surface area contributed by atoms with Crippen LogP contribution in [0.2, 0.25) is 0 Å². The first-order chi connectivity index (χ1) is 9.76. The number of aryl methyl sites for hydroxylation is 1. The highest BCUT2D eigenvalue weighted by Gasteiger charge is 2.01. The molecule has 1 amide bonds. The zero-order valence-corrected chi connectivity index (χ0v) is 12.8. The van der Waals surface area contributed by atoms with Gasteiger partial charge in [-0.15, -0.1) is 0 Å². The van der Waals surface area contributed by atoms with Gasteiger partial charge in [0.2, 0.25) is 5.91 Å². The van der Waals surface area contributed by atoms with Gasteiger partial charge in [0.25, 0.3) is 0 Å². The van der Waals surface area contributed by atoms with Gasteiger partial charge in [0.1, 0.15) is 5.75 Å². The Morgan fingerprint density at radius 3 is 2.50 bits per heavy atom. The molecule has 1 aromatic rings. The molecule has 0 unspecified atom stereocenters. The minimum absolute atomic E-state index is 0.125. The molecule has 1 rings (SSSR count). The monoisotopic (exact) mass is 277 g/mol. The van der Waals surface area contributed by atoms with E-state index in [1.54, 1.807) is 0 Å². The molecule has 0 aliphatic carbocycles. The molecule has 0 fully saturated rings. The predicted octanol–water partition coefficient (Wildman–Crippen LogP) is 3.71.